The summed E-state index contributed by atoms with van der Waals surface area (Å²) in [6.45, 7) is 0. The maximum atomic E-state index is 6.67. The van der Waals surface area contributed by atoms with E-state index in [-0.39, 0.29) is 0 Å². The largest absolute Gasteiger partial charge is 0.456 e. The molecule has 0 aliphatic carbocycles. The molecule has 0 aliphatic heterocycles. The monoisotopic (exact) mass is 782 g/mol. The molecule has 0 aliphatic rings. The highest BCUT2D eigenvalue weighted by Crippen LogP contribution is 2.41. The molecule has 61 heavy (non-hydrogen) atoms. The van der Waals surface area contributed by atoms with Gasteiger partial charge < -0.3 is 13.7 Å². The molecule has 0 fully saturated rings. The van der Waals surface area contributed by atoms with Gasteiger partial charge in [0.1, 0.15) is 22.3 Å². The molecule has 3 heterocycles. The maximum Gasteiger partial charge on any atom is 0.164 e. The van der Waals surface area contributed by atoms with Gasteiger partial charge in [0.15, 0.2) is 17.5 Å². The van der Waals surface area contributed by atoms with Crippen molar-refractivity contribution in [2.24, 2.45) is 0 Å². The highest BCUT2D eigenvalue weighted by Gasteiger charge is 2.20. The van der Waals surface area contributed by atoms with E-state index in [9.17, 15) is 0 Å². The second-order valence-corrected chi connectivity index (χ2v) is 15.2. The highest BCUT2D eigenvalue weighted by atomic mass is 16.3. The minimum Gasteiger partial charge on any atom is -0.456 e. The molecule has 12 aromatic rings. The standard InChI is InChI=1S/C55H34N4O2/c1-3-17-39(18-4-1)59(40-19-5-2-6-20-40)41-21-11-16-36(32-41)37-28-30-45-51(34-37)61-50-27-13-25-46(52(45)50)55-57-53(38-29-31-49-47(33-38)43-23-9-10-26-48(43)60-49)56-54(58-55)44-24-12-15-35-14-7-8-22-42(35)44/h1-34H. The van der Waals surface area contributed by atoms with Crippen LogP contribution in [0.3, 0.4) is 0 Å². The third kappa shape index (κ3) is 6.00. The van der Waals surface area contributed by atoms with Crippen molar-refractivity contribution < 1.29 is 8.83 Å². The summed E-state index contributed by atoms with van der Waals surface area (Å²) in [7, 11) is 0. The first-order valence-corrected chi connectivity index (χ1v) is 20.3. The van der Waals surface area contributed by atoms with E-state index in [1.165, 1.54) is 0 Å². The zero-order chi connectivity index (χ0) is 40.3. The molecule has 0 unspecified atom stereocenters. The fraction of sp³-hybridized carbons (Fsp3) is 0. The molecule has 6 nitrogen and oxygen atoms in total. The van der Waals surface area contributed by atoms with E-state index in [4.69, 9.17) is 23.8 Å². The zero-order valence-corrected chi connectivity index (χ0v) is 32.7. The van der Waals surface area contributed by atoms with Gasteiger partial charge in [-0.3, -0.25) is 0 Å². The number of rotatable bonds is 7. The lowest BCUT2D eigenvalue weighted by atomic mass is 10.0. The van der Waals surface area contributed by atoms with Gasteiger partial charge in [0, 0.05) is 55.3 Å². The summed E-state index contributed by atoms with van der Waals surface area (Å²) < 4.78 is 12.9. The van der Waals surface area contributed by atoms with Gasteiger partial charge in [-0.15, -0.1) is 0 Å². The van der Waals surface area contributed by atoms with Gasteiger partial charge in [-0.2, -0.15) is 0 Å². The second kappa shape index (κ2) is 14.2. The van der Waals surface area contributed by atoms with Crippen LogP contribution < -0.4 is 4.90 Å². The number of aromatic nitrogens is 3. The molecule has 0 amide bonds. The Balaban J connectivity index is 1.01. The summed E-state index contributed by atoms with van der Waals surface area (Å²) in [6, 6.07) is 71.0. The van der Waals surface area contributed by atoms with Crippen molar-refractivity contribution in [2.75, 3.05) is 4.90 Å². The molecule has 12 rings (SSSR count). The SMILES string of the molecule is c1ccc(N(c2ccccc2)c2cccc(-c3ccc4c(c3)oc3cccc(-c5nc(-c6ccc7oc8ccccc8c7c6)nc(-c6cccc7ccccc67)n5)c34)c2)cc1. The summed E-state index contributed by atoms with van der Waals surface area (Å²) >= 11 is 0. The van der Waals surface area contributed by atoms with Crippen molar-refractivity contribution in [1.82, 2.24) is 15.0 Å². The maximum absolute atomic E-state index is 6.67. The van der Waals surface area contributed by atoms with E-state index >= 15 is 0 Å². The molecule has 0 spiro atoms. The van der Waals surface area contributed by atoms with Gasteiger partial charge in [-0.25, -0.2) is 15.0 Å². The highest BCUT2D eigenvalue weighted by molar-refractivity contribution is 6.13. The normalized spacial score (nSPS) is 11.6. The Morgan fingerprint density at radius 2 is 0.885 bits per heavy atom. The quantitative estimate of drug-likeness (QED) is 0.160. The zero-order valence-electron chi connectivity index (χ0n) is 32.7. The fourth-order valence-electron chi connectivity index (χ4n) is 8.65. The molecule has 6 heteroatoms. The Labute approximate surface area is 350 Å². The molecule has 3 aromatic heterocycles. The molecule has 0 bridgehead atoms. The van der Waals surface area contributed by atoms with Crippen LogP contribution >= 0.6 is 0 Å². The van der Waals surface area contributed by atoms with Gasteiger partial charge in [0.05, 0.1) is 0 Å². The number of fused-ring (bicyclic) bond motifs is 7. The van der Waals surface area contributed by atoms with E-state index in [1.807, 2.05) is 54.6 Å². The number of para-hydroxylation sites is 3. The predicted octanol–water partition coefficient (Wildman–Crippen LogP) is 15.0. The predicted molar refractivity (Wildman–Crippen MR) is 248 cm³/mol. The third-order valence-electron chi connectivity index (χ3n) is 11.5. The number of furan rings is 2. The summed E-state index contributed by atoms with van der Waals surface area (Å²) in [5.74, 6) is 1.74. The van der Waals surface area contributed by atoms with Crippen LogP contribution in [0.25, 0.3) is 99.9 Å². The minimum atomic E-state index is 0.567. The van der Waals surface area contributed by atoms with E-state index in [2.05, 4.69) is 157 Å². The number of hydrogen-bond donors (Lipinski definition) is 0. The molecule has 0 saturated heterocycles. The lowest BCUT2D eigenvalue weighted by Gasteiger charge is -2.25. The van der Waals surface area contributed by atoms with Crippen LogP contribution in [0.15, 0.2) is 215 Å². The number of anilines is 3. The average molecular weight is 783 g/mol. The van der Waals surface area contributed by atoms with Crippen LogP contribution in [0.1, 0.15) is 0 Å². The van der Waals surface area contributed by atoms with Crippen molar-refractivity contribution >= 4 is 71.7 Å². The molecule has 0 saturated carbocycles. The Morgan fingerprint density at radius 3 is 1.72 bits per heavy atom. The first-order valence-electron chi connectivity index (χ1n) is 20.3. The molecule has 286 valence electrons. The Bertz CT molecular complexity index is 3570. The van der Waals surface area contributed by atoms with E-state index in [0.29, 0.717) is 17.5 Å². The Hall–Kier alpha value is -8.35. The number of benzene rings is 9. The smallest absolute Gasteiger partial charge is 0.164 e. The van der Waals surface area contributed by atoms with Crippen molar-refractivity contribution in [3.63, 3.8) is 0 Å². The molecular formula is C55H34N4O2. The van der Waals surface area contributed by atoms with Gasteiger partial charge in [-0.1, -0.05) is 127 Å². The van der Waals surface area contributed by atoms with Crippen LogP contribution in [0.2, 0.25) is 0 Å². The van der Waals surface area contributed by atoms with Crippen molar-refractivity contribution in [3.05, 3.63) is 206 Å². The summed E-state index contributed by atoms with van der Waals surface area (Å²) in [5.41, 5.74) is 11.3. The Morgan fingerprint density at radius 1 is 0.311 bits per heavy atom. The summed E-state index contributed by atoms with van der Waals surface area (Å²) in [5, 5.41) is 6.19. The lowest BCUT2D eigenvalue weighted by molar-refractivity contribution is 0.668. The van der Waals surface area contributed by atoms with Gasteiger partial charge in [-0.05, 0) is 101 Å². The molecule has 9 aromatic carbocycles. The molecule has 0 radical (unpaired) electrons. The topological polar surface area (TPSA) is 68.2 Å². The van der Waals surface area contributed by atoms with Crippen LogP contribution in [0, 0.1) is 0 Å². The van der Waals surface area contributed by atoms with Crippen molar-refractivity contribution in [3.8, 4) is 45.3 Å². The Kier molecular flexibility index (Phi) is 8.06. The summed E-state index contributed by atoms with van der Waals surface area (Å²) in [6.07, 6.45) is 0. The number of nitrogens with zero attached hydrogens (tertiary/aromatic N) is 4. The van der Waals surface area contributed by atoms with Gasteiger partial charge in [0.2, 0.25) is 0 Å². The van der Waals surface area contributed by atoms with E-state index < -0.39 is 0 Å². The van der Waals surface area contributed by atoms with Crippen LogP contribution in [0.4, 0.5) is 17.1 Å². The number of hydrogen-bond acceptors (Lipinski definition) is 6. The van der Waals surface area contributed by atoms with Crippen LogP contribution in [-0.2, 0) is 0 Å². The first kappa shape index (κ1) is 34.7. The third-order valence-corrected chi connectivity index (χ3v) is 11.5. The average Bonchev–Trinajstić information content (AvgIpc) is 3.90. The first-order chi connectivity index (χ1) is 30.2. The molecule has 0 N–H and O–H groups in total. The van der Waals surface area contributed by atoms with E-state index in [1.54, 1.807) is 0 Å². The van der Waals surface area contributed by atoms with E-state index in [0.717, 1.165) is 99.5 Å². The van der Waals surface area contributed by atoms with Gasteiger partial charge in [0.25, 0.3) is 0 Å². The van der Waals surface area contributed by atoms with Crippen molar-refractivity contribution in [2.45, 2.75) is 0 Å². The second-order valence-electron chi connectivity index (χ2n) is 15.2. The molecule has 0 atom stereocenters. The van der Waals surface area contributed by atoms with Crippen LogP contribution in [0.5, 0.6) is 0 Å². The lowest BCUT2D eigenvalue weighted by Crippen LogP contribution is -2.09. The fourth-order valence-corrected chi connectivity index (χ4v) is 8.65. The van der Waals surface area contributed by atoms with Crippen LogP contribution in [-0.4, -0.2) is 15.0 Å². The summed E-state index contributed by atoms with van der Waals surface area (Å²) in [4.78, 5) is 17.9. The van der Waals surface area contributed by atoms with Crippen molar-refractivity contribution in [1.29, 1.82) is 0 Å². The van der Waals surface area contributed by atoms with Gasteiger partial charge >= 0.3 is 0 Å². The minimum absolute atomic E-state index is 0.567. The molecular weight excluding hydrogens is 749 g/mol.